The summed E-state index contributed by atoms with van der Waals surface area (Å²) in [5.74, 6) is 0.275. The molecule has 3 aromatic rings. The molecule has 0 amide bonds. The number of hydrogen-bond donors (Lipinski definition) is 0. The van der Waals surface area contributed by atoms with Crippen LogP contribution in [0, 0.1) is 0 Å². The van der Waals surface area contributed by atoms with Crippen molar-refractivity contribution < 1.29 is 4.79 Å². The fourth-order valence-electron chi connectivity index (χ4n) is 3.34. The standard InChI is InChI=1S/C20H16O/c21-20-18-8-4-3-6-15(18)11-12-19(20)17-10-9-14-5-1-2-7-16(14)13-17/h1-10,13,19H,11-12H2/t19-/m0/s1. The van der Waals surface area contributed by atoms with Crippen LogP contribution in [0.1, 0.15) is 33.8 Å². The Hall–Kier alpha value is -2.41. The van der Waals surface area contributed by atoms with E-state index in [4.69, 9.17) is 0 Å². The SMILES string of the molecule is O=C1c2ccccc2CC[C@H]1c1ccc2ccccc2c1. The average Bonchev–Trinajstić information content (AvgIpc) is 2.55. The van der Waals surface area contributed by atoms with Gasteiger partial charge in [0, 0.05) is 11.5 Å². The van der Waals surface area contributed by atoms with Gasteiger partial charge in [-0.15, -0.1) is 0 Å². The van der Waals surface area contributed by atoms with E-state index in [1.165, 1.54) is 16.3 Å². The second-order valence-electron chi connectivity index (χ2n) is 5.72. The van der Waals surface area contributed by atoms with Gasteiger partial charge < -0.3 is 0 Å². The fraction of sp³-hybridized carbons (Fsp3) is 0.150. The van der Waals surface area contributed by atoms with E-state index >= 15 is 0 Å². The van der Waals surface area contributed by atoms with Crippen LogP contribution in [-0.4, -0.2) is 5.78 Å². The van der Waals surface area contributed by atoms with E-state index in [-0.39, 0.29) is 11.7 Å². The van der Waals surface area contributed by atoms with Gasteiger partial charge in [-0.1, -0.05) is 66.7 Å². The van der Waals surface area contributed by atoms with E-state index in [9.17, 15) is 4.79 Å². The third-order valence-corrected chi connectivity index (χ3v) is 4.48. The first-order chi connectivity index (χ1) is 10.3. The zero-order valence-electron chi connectivity index (χ0n) is 11.8. The molecule has 102 valence electrons. The molecule has 0 aromatic heterocycles. The molecule has 1 aliphatic carbocycles. The average molecular weight is 272 g/mol. The predicted molar refractivity (Wildman–Crippen MR) is 85.8 cm³/mol. The first-order valence-corrected chi connectivity index (χ1v) is 7.44. The van der Waals surface area contributed by atoms with Gasteiger partial charge in [-0.2, -0.15) is 0 Å². The topological polar surface area (TPSA) is 17.1 Å². The Kier molecular flexibility index (Phi) is 2.85. The van der Waals surface area contributed by atoms with Gasteiger partial charge in [0.2, 0.25) is 0 Å². The first-order valence-electron chi connectivity index (χ1n) is 7.44. The summed E-state index contributed by atoms with van der Waals surface area (Å²) < 4.78 is 0. The van der Waals surface area contributed by atoms with Crippen LogP contribution >= 0.6 is 0 Å². The lowest BCUT2D eigenvalue weighted by molar-refractivity contribution is 0.0946. The van der Waals surface area contributed by atoms with Crippen molar-refractivity contribution in [3.05, 3.63) is 83.4 Å². The number of hydrogen-bond acceptors (Lipinski definition) is 1. The molecule has 1 atom stereocenters. The second-order valence-corrected chi connectivity index (χ2v) is 5.72. The van der Waals surface area contributed by atoms with E-state index in [1.54, 1.807) is 0 Å². The molecule has 0 spiro atoms. The minimum atomic E-state index is 0.00417. The van der Waals surface area contributed by atoms with Gasteiger partial charge in [-0.3, -0.25) is 4.79 Å². The summed E-state index contributed by atoms with van der Waals surface area (Å²) in [6, 6.07) is 22.7. The summed E-state index contributed by atoms with van der Waals surface area (Å²) in [5, 5.41) is 2.44. The normalized spacial score (nSPS) is 17.7. The quantitative estimate of drug-likeness (QED) is 0.624. The third-order valence-electron chi connectivity index (χ3n) is 4.48. The van der Waals surface area contributed by atoms with Crippen LogP contribution < -0.4 is 0 Å². The van der Waals surface area contributed by atoms with Gasteiger partial charge in [0.15, 0.2) is 5.78 Å². The number of aryl methyl sites for hydroxylation is 1. The van der Waals surface area contributed by atoms with Crippen molar-refractivity contribution in [2.24, 2.45) is 0 Å². The van der Waals surface area contributed by atoms with Gasteiger partial charge in [0.1, 0.15) is 0 Å². The first kappa shape index (κ1) is 12.3. The highest BCUT2D eigenvalue weighted by molar-refractivity contribution is 6.03. The van der Waals surface area contributed by atoms with Crippen LogP contribution in [-0.2, 0) is 6.42 Å². The molecule has 0 bridgehead atoms. The lowest BCUT2D eigenvalue weighted by Crippen LogP contribution is -2.20. The zero-order valence-corrected chi connectivity index (χ0v) is 11.8. The molecule has 1 aliphatic rings. The molecular weight excluding hydrogens is 256 g/mol. The molecule has 0 fully saturated rings. The van der Waals surface area contributed by atoms with Crippen molar-refractivity contribution in [2.45, 2.75) is 18.8 Å². The number of carbonyl (C=O) groups excluding carboxylic acids is 1. The van der Waals surface area contributed by atoms with E-state index in [0.29, 0.717) is 0 Å². The third kappa shape index (κ3) is 2.06. The molecule has 1 nitrogen and oxygen atoms in total. The predicted octanol–water partition coefficient (Wildman–Crippen LogP) is 4.75. The molecule has 0 saturated heterocycles. The second kappa shape index (κ2) is 4.85. The number of rotatable bonds is 1. The maximum absolute atomic E-state index is 12.8. The molecule has 4 rings (SSSR count). The van der Waals surface area contributed by atoms with E-state index in [2.05, 4.69) is 36.4 Å². The van der Waals surface area contributed by atoms with Gasteiger partial charge in [0.05, 0.1) is 0 Å². The summed E-state index contributed by atoms with van der Waals surface area (Å²) in [7, 11) is 0. The lowest BCUT2D eigenvalue weighted by atomic mass is 9.79. The van der Waals surface area contributed by atoms with Crippen molar-refractivity contribution in [2.75, 3.05) is 0 Å². The number of Topliss-reactive ketones (excluding diaryl/α,β-unsaturated/α-hetero) is 1. The van der Waals surface area contributed by atoms with Crippen molar-refractivity contribution in [3.63, 3.8) is 0 Å². The van der Waals surface area contributed by atoms with Crippen LogP contribution in [0.15, 0.2) is 66.7 Å². The minimum absolute atomic E-state index is 0.00417. The molecule has 0 aliphatic heterocycles. The van der Waals surface area contributed by atoms with E-state index in [0.717, 1.165) is 24.0 Å². The number of fused-ring (bicyclic) bond motifs is 2. The van der Waals surface area contributed by atoms with Gasteiger partial charge in [-0.05, 0) is 34.7 Å². The summed E-state index contributed by atoms with van der Waals surface area (Å²) >= 11 is 0. The molecular formula is C20H16O. The number of ketones is 1. The molecule has 21 heavy (non-hydrogen) atoms. The monoisotopic (exact) mass is 272 g/mol. The zero-order chi connectivity index (χ0) is 14.2. The van der Waals surface area contributed by atoms with Crippen LogP contribution in [0.3, 0.4) is 0 Å². The van der Waals surface area contributed by atoms with E-state index in [1.807, 2.05) is 30.3 Å². The largest absolute Gasteiger partial charge is 0.293 e. The summed E-state index contributed by atoms with van der Waals surface area (Å²) in [5.41, 5.74) is 3.25. The van der Waals surface area contributed by atoms with Crippen LogP contribution in [0.4, 0.5) is 0 Å². The van der Waals surface area contributed by atoms with Gasteiger partial charge in [0.25, 0.3) is 0 Å². The Morgan fingerprint density at radius 3 is 2.48 bits per heavy atom. The minimum Gasteiger partial charge on any atom is -0.293 e. The Labute approximate surface area is 124 Å². The summed E-state index contributed by atoms with van der Waals surface area (Å²) in [6.07, 6.45) is 1.90. The Morgan fingerprint density at radius 2 is 1.57 bits per heavy atom. The Bertz CT molecular complexity index is 832. The number of benzene rings is 3. The highest BCUT2D eigenvalue weighted by Gasteiger charge is 2.28. The highest BCUT2D eigenvalue weighted by Crippen LogP contribution is 2.33. The Morgan fingerprint density at radius 1 is 0.810 bits per heavy atom. The van der Waals surface area contributed by atoms with Gasteiger partial charge >= 0.3 is 0 Å². The molecule has 0 unspecified atom stereocenters. The van der Waals surface area contributed by atoms with E-state index < -0.39 is 0 Å². The fourth-order valence-corrected chi connectivity index (χ4v) is 3.34. The summed E-state index contributed by atoms with van der Waals surface area (Å²) in [6.45, 7) is 0. The van der Waals surface area contributed by atoms with Crippen molar-refractivity contribution >= 4 is 16.6 Å². The Balaban J connectivity index is 1.78. The van der Waals surface area contributed by atoms with Crippen molar-refractivity contribution in [3.8, 4) is 0 Å². The van der Waals surface area contributed by atoms with Crippen molar-refractivity contribution in [1.82, 2.24) is 0 Å². The highest BCUT2D eigenvalue weighted by atomic mass is 16.1. The molecule has 1 heteroatoms. The molecule has 0 N–H and O–H groups in total. The van der Waals surface area contributed by atoms with Crippen LogP contribution in [0.2, 0.25) is 0 Å². The van der Waals surface area contributed by atoms with Crippen molar-refractivity contribution in [1.29, 1.82) is 0 Å². The summed E-state index contributed by atoms with van der Waals surface area (Å²) in [4.78, 5) is 12.8. The number of carbonyl (C=O) groups is 1. The maximum Gasteiger partial charge on any atom is 0.170 e. The smallest absolute Gasteiger partial charge is 0.170 e. The maximum atomic E-state index is 12.8. The molecule has 0 heterocycles. The molecule has 0 saturated carbocycles. The van der Waals surface area contributed by atoms with Crippen LogP contribution in [0.5, 0.6) is 0 Å². The van der Waals surface area contributed by atoms with Gasteiger partial charge in [-0.25, -0.2) is 0 Å². The lowest BCUT2D eigenvalue weighted by Gasteiger charge is -2.23. The molecule has 3 aromatic carbocycles. The van der Waals surface area contributed by atoms with Crippen LogP contribution in [0.25, 0.3) is 10.8 Å². The molecule has 0 radical (unpaired) electrons.